The van der Waals surface area contributed by atoms with Crippen molar-refractivity contribution in [2.75, 3.05) is 80.4 Å². The van der Waals surface area contributed by atoms with Crippen LogP contribution in [0.3, 0.4) is 0 Å². The van der Waals surface area contributed by atoms with Gasteiger partial charge in [0.05, 0.1) is 87.7 Å². The molecule has 0 aromatic heterocycles. The summed E-state index contributed by atoms with van der Waals surface area (Å²) in [5, 5.41) is 62.5. The van der Waals surface area contributed by atoms with Crippen molar-refractivity contribution in [1.29, 1.82) is 0 Å². The second-order valence-electron chi connectivity index (χ2n) is 23.1. The quantitative estimate of drug-likeness (QED) is 0.0137. The summed E-state index contributed by atoms with van der Waals surface area (Å²) >= 11 is 14.6. The molecule has 19 atom stereocenters. The second kappa shape index (κ2) is 54.0. The Morgan fingerprint density at radius 2 is 1.46 bits per heavy atom. The molecule has 102 heavy (non-hydrogen) atoms. The molecule has 3 radical (unpaired) electrons. The Bertz CT molecular complexity index is 2770. The Balaban J connectivity index is 0.00000125. The topological polar surface area (TPSA) is 401 Å². The van der Waals surface area contributed by atoms with E-state index < -0.39 is 85.7 Å². The average Bonchev–Trinajstić information content (AvgIpc) is 1.62. The molecule has 8 saturated heterocycles. The summed E-state index contributed by atoms with van der Waals surface area (Å²) < 4.78 is 108. The maximum absolute atomic E-state index is 11.4. The number of Topliss-reactive ketones (excluding diaryl/α,β-unsaturated/α-hetero) is 1. The number of hydrogen-bond acceptors (Lipinski definition) is 28. The van der Waals surface area contributed by atoms with Crippen LogP contribution in [-0.4, -0.2) is 271 Å². The zero-order valence-electron chi connectivity index (χ0n) is 58.1. The maximum atomic E-state index is 11.4. The number of aliphatic hydroxyl groups excluding tert-OH is 6. The molecule has 0 saturated carbocycles. The molecule has 9 rings (SSSR count). The minimum atomic E-state index is -6.09. The fourth-order valence-electron chi connectivity index (χ4n) is 10.4. The number of nitrogens with one attached hydrogen (secondary N) is 4. The van der Waals surface area contributed by atoms with Crippen LogP contribution >= 0.6 is 61.3 Å². The van der Waals surface area contributed by atoms with Crippen molar-refractivity contribution in [3.8, 4) is 0 Å². The number of fused-ring (bicyclic) bond motifs is 1. The minimum Gasteiger partial charge on any atom is -0.741 e. The number of benzene rings is 1. The summed E-state index contributed by atoms with van der Waals surface area (Å²) in [5.74, 6) is -0.0524. The van der Waals surface area contributed by atoms with Gasteiger partial charge in [0.15, 0.2) is 10.1 Å². The fourth-order valence-corrected chi connectivity index (χ4v) is 15.9. The SMILES string of the molecule is CCNC(=O)CCC(C)=O.CC[C@H]1O[C@@H]([B]N2CCC[C@H]2C=O)C(C)[C@H]1OP1O[C@H](c2ccccc2)[C@@H]2CCCN21.CN.CNC(=S)SSC(=S)NC.O=S(=O)([O-])C(F)(F)F.OC[C@H]1O[CH-]C(O)[C@H]1O.[B][C@@H]1O[C@H](CO)[C@H](OP(O)(=S)OC[C@H]2O[CH-]C(O)[C@H]2O)C1C.[C-]#[N+]C[NH+]1CCCC1.[U].[U]. The first-order valence-electron chi connectivity index (χ1n) is 32.2. The van der Waals surface area contributed by atoms with Gasteiger partial charge in [0.2, 0.25) is 13.3 Å². The number of quaternary nitrogens is 1. The van der Waals surface area contributed by atoms with Gasteiger partial charge < -0.3 is 113 Å². The Labute approximate surface area is 672 Å². The van der Waals surface area contributed by atoms with E-state index in [1.807, 2.05) is 6.92 Å². The molecule has 0 aliphatic carbocycles. The monoisotopic (exact) mass is 2050 g/mol. The van der Waals surface area contributed by atoms with Crippen LogP contribution in [0.4, 0.5) is 13.2 Å². The number of likely N-dealkylation sites (tertiary alicyclic amines) is 1. The van der Waals surface area contributed by atoms with Gasteiger partial charge in [-0.15, -0.1) is 0 Å². The van der Waals surface area contributed by atoms with E-state index in [1.54, 1.807) is 21.0 Å². The van der Waals surface area contributed by atoms with E-state index in [1.165, 1.54) is 78.4 Å². The third kappa shape index (κ3) is 36.2. The Kier molecular flexibility index (Phi) is 54.2. The predicted octanol–water partition coefficient (Wildman–Crippen LogP) is 1.59. The first-order valence-corrected chi connectivity index (χ1v) is 40.3. The second-order valence-corrected chi connectivity index (χ2v) is 32.2. The number of carbonyl (C=O) groups is 3. The van der Waals surface area contributed by atoms with Crippen LogP contribution in [0.2, 0.25) is 0 Å². The van der Waals surface area contributed by atoms with Gasteiger partial charge in [0.25, 0.3) is 8.53 Å². The van der Waals surface area contributed by atoms with Crippen LogP contribution in [0.15, 0.2) is 30.3 Å². The molecule has 29 nitrogen and oxygen atoms in total. The van der Waals surface area contributed by atoms with Gasteiger partial charge in [0.1, 0.15) is 40.8 Å². The van der Waals surface area contributed by atoms with E-state index in [2.05, 4.69) is 92.3 Å². The van der Waals surface area contributed by atoms with Gasteiger partial charge >= 0.3 is 18.9 Å². The number of aldehydes is 1. The Hall–Kier alpha value is 0.254. The van der Waals surface area contributed by atoms with E-state index in [-0.39, 0.29) is 136 Å². The number of nitrogens with two attached hydrogens (primary N) is 1. The van der Waals surface area contributed by atoms with E-state index in [0.717, 1.165) is 66.9 Å². The molecule has 6 unspecified atom stereocenters. The third-order valence-electron chi connectivity index (χ3n) is 15.9. The zero-order valence-corrected chi connectivity index (χ0v) is 73.1. The first kappa shape index (κ1) is 102. The number of halogens is 3. The summed E-state index contributed by atoms with van der Waals surface area (Å²) in [6.07, 6.45) is 2.69. The van der Waals surface area contributed by atoms with Gasteiger partial charge in [0, 0.05) is 139 Å². The van der Waals surface area contributed by atoms with Crippen LogP contribution in [0.1, 0.15) is 104 Å². The number of rotatable bonds is 19. The van der Waals surface area contributed by atoms with Gasteiger partial charge in [-0.05, 0) is 111 Å². The molecule has 8 aliphatic heterocycles. The first-order chi connectivity index (χ1) is 47.2. The van der Waals surface area contributed by atoms with Crippen LogP contribution < -0.4 is 26.6 Å². The molecule has 1 aromatic rings. The smallest absolute Gasteiger partial charge is 0.485 e. The number of nitrogens with zero attached hydrogens (tertiary/aromatic N) is 3. The van der Waals surface area contributed by atoms with Crippen molar-refractivity contribution in [2.24, 2.45) is 17.6 Å². The maximum Gasteiger partial charge on any atom is 0.485 e. The minimum absolute atomic E-state index is 0. The van der Waals surface area contributed by atoms with Crippen molar-refractivity contribution < 1.29 is 180 Å². The number of thiocarbonyl (C=S) groups is 2. The third-order valence-corrected chi connectivity index (χ3v) is 23.4. The molecular weight excluding hydrogens is 1950 g/mol. The fraction of sp³-hybridized carbons (Fsp3) is 0.759. The number of carbonyl (C=O) groups excluding carboxylic acids is 3. The predicted molar refractivity (Wildman–Crippen MR) is 383 cm³/mol. The van der Waals surface area contributed by atoms with Crippen LogP contribution in [0, 0.1) is 93.8 Å². The number of ether oxygens (including phenoxy) is 4. The van der Waals surface area contributed by atoms with E-state index in [9.17, 15) is 47.8 Å². The normalized spacial score (nSPS) is 30.5. The summed E-state index contributed by atoms with van der Waals surface area (Å²) in [4.78, 5) is 49.5. The Morgan fingerprint density at radius 1 is 0.912 bits per heavy atom. The van der Waals surface area contributed by atoms with Gasteiger partial charge in [-0.2, -0.15) is 26.4 Å². The van der Waals surface area contributed by atoms with Gasteiger partial charge in [-0.25, -0.2) is 19.7 Å². The number of alkyl halides is 3. The molecule has 0 spiro atoms. The van der Waals surface area contributed by atoms with Crippen molar-refractivity contribution >= 4 is 125 Å². The Morgan fingerprint density at radius 3 is 1.92 bits per heavy atom. The summed E-state index contributed by atoms with van der Waals surface area (Å²) in [5.41, 5.74) is 0.100. The molecule has 44 heteroatoms. The van der Waals surface area contributed by atoms with E-state index in [4.69, 9.17) is 111 Å². The van der Waals surface area contributed by atoms with Crippen LogP contribution in [0.25, 0.3) is 4.85 Å². The van der Waals surface area contributed by atoms with Gasteiger partial charge in [-0.1, -0.05) is 75.5 Å². The number of hydrogen-bond donors (Lipinski definition) is 12. The van der Waals surface area contributed by atoms with Crippen molar-refractivity contribution in [1.82, 2.24) is 25.4 Å². The van der Waals surface area contributed by atoms with E-state index >= 15 is 0 Å². The van der Waals surface area contributed by atoms with Crippen LogP contribution in [0.5, 0.6) is 0 Å². The largest absolute Gasteiger partial charge is 0.741 e. The average molecular weight is 2050 g/mol. The summed E-state index contributed by atoms with van der Waals surface area (Å²) in [6.45, 7) is 19.5. The number of amides is 1. The number of aliphatic hydroxyl groups is 6. The zero-order chi connectivity index (χ0) is 75.5. The van der Waals surface area contributed by atoms with Crippen LogP contribution in [-0.2, 0) is 73.4 Å². The molecule has 0 bridgehead atoms. The molecule has 8 heterocycles. The molecule has 579 valence electrons. The summed E-state index contributed by atoms with van der Waals surface area (Å²) in [6, 6.07) is 10.3. The molecule has 1 amide bonds. The van der Waals surface area contributed by atoms with Crippen molar-refractivity contribution in [3.05, 3.63) is 60.5 Å². The molecular formula is C58H98B2F3N8O21P2S6U2-2. The van der Waals surface area contributed by atoms with Crippen molar-refractivity contribution in [2.45, 2.75) is 189 Å². The molecule has 13 N–H and O–H groups in total. The van der Waals surface area contributed by atoms with Gasteiger partial charge in [-0.3, -0.25) is 14.5 Å². The molecule has 1 aromatic carbocycles. The molecule has 8 aliphatic rings. The van der Waals surface area contributed by atoms with Crippen molar-refractivity contribution in [3.63, 3.8) is 0 Å². The standard InChI is InChI=1S/C23H33BN2O4P.C11H19BO8PS.C7H13NO2.C6H10N2.C5H9O4.C4H8N2S4.CHF3O3S.CH5N.2U/c1-3-20-21(16(2)23(28-20)24-25-13-7-11-18(25)15-27)29-31-26-14-8-12-19(26)22(30-31)17-9-5-4-6-10-17;1-5-10(7(2-13)19-11(5)12)20-21(16,22)18-4-8-9(15)6(14)3-17-8;1-3-8-7(10)5-4-6(2)9;1-7-6-8-4-2-3-5-8;6-1-4-5(8)3(7)2-9-4;1-5-3(7)9-10-4(8)6-2;2-1(3,4)8(5,6)7;1-2;;/h4-6,9-10,15-16,18-23H,3,7-8,11-14H2,1-2H3;3,5-11,13-15H,2,4H2,1H3,(H,16,22);3-5H2,1-2H3,(H,8,10);2-6H2;2-8H,1H2;1-2H3,(H,5,7)(H,6,8);(H,5,6,7);2H2,1H3;;/q;-1;;;-1;;;;;/t16?,18-,19-,20+,21+,22+,23+,31?;5?,6?,7-,8-,9-,10-,11-,21?;;;3?,4-,5-;;;;;/m01..1...../s1. The summed E-state index contributed by atoms with van der Waals surface area (Å²) in [7, 11) is 8.65. The molecule has 8 fully saturated rings. The number of ketones is 1. The van der Waals surface area contributed by atoms with E-state index in [0.29, 0.717) is 32.1 Å².